The van der Waals surface area contributed by atoms with Crippen molar-refractivity contribution in [2.75, 3.05) is 45.1 Å². The van der Waals surface area contributed by atoms with Crippen molar-refractivity contribution < 1.29 is 9.59 Å². The summed E-state index contributed by atoms with van der Waals surface area (Å²) in [5.74, 6) is -0.0281. The first kappa shape index (κ1) is 22.0. The van der Waals surface area contributed by atoms with Crippen LogP contribution in [0.4, 0.5) is 5.69 Å². The molecule has 1 fully saturated rings. The second kappa shape index (κ2) is 10.4. The van der Waals surface area contributed by atoms with E-state index >= 15 is 0 Å². The molecule has 1 atom stereocenters. The Hall–Kier alpha value is -2.70. The van der Waals surface area contributed by atoms with Crippen LogP contribution < -0.4 is 5.32 Å². The molecule has 1 aliphatic rings. The third kappa shape index (κ3) is 5.90. The predicted octanol–water partition coefficient (Wildman–Crippen LogP) is 2.60. The molecule has 3 rings (SSSR count). The normalized spacial score (nSPS) is 15.8. The van der Waals surface area contributed by atoms with Crippen molar-refractivity contribution in [2.45, 2.75) is 26.4 Å². The lowest BCUT2D eigenvalue weighted by atomic mass is 10.2. The Labute approximate surface area is 179 Å². The van der Waals surface area contributed by atoms with Crippen LogP contribution in [0, 0.1) is 6.92 Å². The van der Waals surface area contributed by atoms with Crippen molar-refractivity contribution in [2.24, 2.45) is 0 Å². The van der Waals surface area contributed by atoms with E-state index in [0.717, 1.165) is 44.0 Å². The zero-order chi connectivity index (χ0) is 21.5. The molecule has 0 aliphatic carbocycles. The molecule has 1 unspecified atom stereocenters. The van der Waals surface area contributed by atoms with Gasteiger partial charge in [-0.05, 0) is 38.1 Å². The zero-order valence-corrected chi connectivity index (χ0v) is 18.2. The van der Waals surface area contributed by atoms with E-state index in [-0.39, 0.29) is 18.4 Å². The van der Waals surface area contributed by atoms with E-state index in [4.69, 9.17) is 0 Å². The van der Waals surface area contributed by atoms with Gasteiger partial charge in [-0.15, -0.1) is 0 Å². The lowest BCUT2D eigenvalue weighted by Crippen LogP contribution is -2.52. The van der Waals surface area contributed by atoms with Crippen LogP contribution in [0.3, 0.4) is 0 Å². The first-order valence-corrected chi connectivity index (χ1v) is 10.5. The van der Waals surface area contributed by atoms with Crippen LogP contribution in [-0.2, 0) is 16.1 Å². The Morgan fingerprint density at radius 2 is 1.63 bits per heavy atom. The molecular formula is C24H32N4O2. The number of nitrogens with one attached hydrogen (secondary N) is 1. The highest BCUT2D eigenvalue weighted by Crippen LogP contribution is 2.14. The fourth-order valence-corrected chi connectivity index (χ4v) is 3.60. The SMILES string of the molecule is Cc1ccccc1NC(=O)C(C)N(C)CC(=O)N1CCN(Cc2ccccc2)CC1. The standard InChI is InChI=1S/C24H32N4O2/c1-19-9-7-8-12-22(19)25-24(30)20(2)26(3)18-23(29)28-15-13-27(14-16-28)17-21-10-5-4-6-11-21/h4-12,20H,13-18H2,1-3H3,(H,25,30). The number of carbonyl (C=O) groups is 2. The molecule has 30 heavy (non-hydrogen) atoms. The second-order valence-electron chi connectivity index (χ2n) is 8.04. The number of nitrogens with zero attached hydrogens (tertiary/aromatic N) is 3. The maximum atomic E-state index is 12.7. The van der Waals surface area contributed by atoms with Crippen molar-refractivity contribution in [1.82, 2.24) is 14.7 Å². The molecule has 2 amide bonds. The Balaban J connectivity index is 1.45. The monoisotopic (exact) mass is 408 g/mol. The van der Waals surface area contributed by atoms with Crippen molar-refractivity contribution in [1.29, 1.82) is 0 Å². The summed E-state index contributed by atoms with van der Waals surface area (Å²) in [5, 5.41) is 2.96. The molecule has 2 aromatic carbocycles. The van der Waals surface area contributed by atoms with Gasteiger partial charge in [-0.1, -0.05) is 48.5 Å². The molecule has 0 aromatic heterocycles. The van der Waals surface area contributed by atoms with E-state index < -0.39 is 6.04 Å². The number of piperazine rings is 1. The van der Waals surface area contributed by atoms with Gasteiger partial charge in [0.15, 0.2) is 0 Å². The summed E-state index contributed by atoms with van der Waals surface area (Å²) >= 11 is 0. The minimum Gasteiger partial charge on any atom is -0.339 e. The molecule has 1 saturated heterocycles. The van der Waals surface area contributed by atoms with Crippen molar-refractivity contribution in [3.05, 3.63) is 65.7 Å². The molecule has 1 heterocycles. The van der Waals surface area contributed by atoms with Gasteiger partial charge in [0.05, 0.1) is 12.6 Å². The average Bonchev–Trinajstić information content (AvgIpc) is 2.76. The molecule has 6 nitrogen and oxygen atoms in total. The number of carbonyl (C=O) groups excluding carboxylic acids is 2. The van der Waals surface area contributed by atoms with E-state index in [0.29, 0.717) is 0 Å². The quantitative estimate of drug-likeness (QED) is 0.765. The van der Waals surface area contributed by atoms with Gasteiger partial charge in [0.1, 0.15) is 0 Å². The third-order valence-electron chi connectivity index (χ3n) is 5.80. The highest BCUT2D eigenvalue weighted by Gasteiger charge is 2.25. The molecule has 0 radical (unpaired) electrons. The third-order valence-corrected chi connectivity index (χ3v) is 5.80. The van der Waals surface area contributed by atoms with Crippen LogP contribution in [-0.4, -0.2) is 72.3 Å². The molecule has 2 aromatic rings. The lowest BCUT2D eigenvalue weighted by Gasteiger charge is -2.36. The van der Waals surface area contributed by atoms with Crippen molar-refractivity contribution in [3.8, 4) is 0 Å². The van der Waals surface area contributed by atoms with Crippen LogP contribution in [0.2, 0.25) is 0 Å². The van der Waals surface area contributed by atoms with E-state index in [1.165, 1.54) is 5.56 Å². The Morgan fingerprint density at radius 3 is 2.30 bits per heavy atom. The molecular weight excluding hydrogens is 376 g/mol. The zero-order valence-electron chi connectivity index (χ0n) is 18.2. The number of para-hydroxylation sites is 1. The number of likely N-dealkylation sites (N-methyl/N-ethyl adjacent to an activating group) is 1. The van der Waals surface area contributed by atoms with Gasteiger partial charge in [0, 0.05) is 38.4 Å². The minimum atomic E-state index is -0.395. The fourth-order valence-electron chi connectivity index (χ4n) is 3.60. The van der Waals surface area contributed by atoms with Gasteiger partial charge in [0.2, 0.25) is 11.8 Å². The second-order valence-corrected chi connectivity index (χ2v) is 8.04. The lowest BCUT2D eigenvalue weighted by molar-refractivity contribution is -0.135. The molecule has 6 heteroatoms. The van der Waals surface area contributed by atoms with Gasteiger partial charge in [0.25, 0.3) is 0 Å². The molecule has 1 aliphatic heterocycles. The summed E-state index contributed by atoms with van der Waals surface area (Å²) in [5.41, 5.74) is 3.12. The Kier molecular flexibility index (Phi) is 7.60. The van der Waals surface area contributed by atoms with Crippen molar-refractivity contribution in [3.63, 3.8) is 0 Å². The van der Waals surface area contributed by atoms with Gasteiger partial charge in [-0.25, -0.2) is 0 Å². The maximum absolute atomic E-state index is 12.7. The largest absolute Gasteiger partial charge is 0.339 e. The first-order valence-electron chi connectivity index (χ1n) is 10.5. The summed E-state index contributed by atoms with van der Waals surface area (Å²) in [6, 6.07) is 17.7. The number of rotatable bonds is 7. The van der Waals surface area contributed by atoms with Crippen LogP contribution >= 0.6 is 0 Å². The van der Waals surface area contributed by atoms with Gasteiger partial charge in [-0.3, -0.25) is 19.4 Å². The number of amides is 2. The Bertz CT molecular complexity index is 847. The van der Waals surface area contributed by atoms with Gasteiger partial charge < -0.3 is 10.2 Å². The average molecular weight is 409 g/mol. The summed E-state index contributed by atoms with van der Waals surface area (Å²) in [4.78, 5) is 31.4. The van der Waals surface area contributed by atoms with E-state index in [2.05, 4.69) is 34.5 Å². The smallest absolute Gasteiger partial charge is 0.241 e. The highest BCUT2D eigenvalue weighted by atomic mass is 16.2. The topological polar surface area (TPSA) is 55.9 Å². The molecule has 0 saturated carbocycles. The number of benzene rings is 2. The minimum absolute atomic E-state index is 0.0763. The molecule has 1 N–H and O–H groups in total. The van der Waals surface area contributed by atoms with E-state index in [9.17, 15) is 9.59 Å². The van der Waals surface area contributed by atoms with E-state index in [1.54, 1.807) is 0 Å². The number of hydrogen-bond acceptors (Lipinski definition) is 4. The fraction of sp³-hybridized carbons (Fsp3) is 0.417. The molecule has 0 spiro atoms. The number of anilines is 1. The maximum Gasteiger partial charge on any atom is 0.241 e. The number of hydrogen-bond donors (Lipinski definition) is 1. The Morgan fingerprint density at radius 1 is 1.00 bits per heavy atom. The number of aryl methyl sites for hydroxylation is 1. The van der Waals surface area contributed by atoms with Crippen LogP contribution in [0.25, 0.3) is 0 Å². The van der Waals surface area contributed by atoms with Crippen LogP contribution in [0.5, 0.6) is 0 Å². The first-order chi connectivity index (χ1) is 14.4. The van der Waals surface area contributed by atoms with Gasteiger partial charge >= 0.3 is 0 Å². The highest BCUT2D eigenvalue weighted by molar-refractivity contribution is 5.95. The molecule has 160 valence electrons. The van der Waals surface area contributed by atoms with Crippen LogP contribution in [0.1, 0.15) is 18.1 Å². The summed E-state index contributed by atoms with van der Waals surface area (Å²) in [6.07, 6.45) is 0. The summed E-state index contributed by atoms with van der Waals surface area (Å²) in [7, 11) is 1.83. The summed E-state index contributed by atoms with van der Waals surface area (Å²) in [6.45, 7) is 8.14. The van der Waals surface area contributed by atoms with Crippen LogP contribution in [0.15, 0.2) is 54.6 Å². The predicted molar refractivity (Wildman–Crippen MR) is 120 cm³/mol. The molecule has 0 bridgehead atoms. The summed E-state index contributed by atoms with van der Waals surface area (Å²) < 4.78 is 0. The van der Waals surface area contributed by atoms with Gasteiger partial charge in [-0.2, -0.15) is 0 Å². The van der Waals surface area contributed by atoms with E-state index in [1.807, 2.05) is 61.0 Å². The van der Waals surface area contributed by atoms with Crippen molar-refractivity contribution >= 4 is 17.5 Å².